The number of hydrogen-bond donors (Lipinski definition) is 2. The van der Waals surface area contributed by atoms with E-state index in [9.17, 15) is 0 Å². The molecule has 0 unspecified atom stereocenters. The van der Waals surface area contributed by atoms with Crippen molar-refractivity contribution >= 4 is 17.3 Å². The Balaban J connectivity index is 1.60. The van der Waals surface area contributed by atoms with Crippen LogP contribution < -0.4 is 10.6 Å². The number of aliphatic imine (C=N–C) groups is 1. The van der Waals surface area contributed by atoms with Crippen LogP contribution >= 0.6 is 11.3 Å². The van der Waals surface area contributed by atoms with Crippen LogP contribution in [0, 0.1) is 6.92 Å². The summed E-state index contributed by atoms with van der Waals surface area (Å²) in [5.41, 5.74) is 1.25. The summed E-state index contributed by atoms with van der Waals surface area (Å²) >= 11 is 1.82. The van der Waals surface area contributed by atoms with Crippen LogP contribution in [0.4, 0.5) is 0 Å². The van der Waals surface area contributed by atoms with Crippen LogP contribution in [0.25, 0.3) is 0 Å². The van der Waals surface area contributed by atoms with E-state index in [-0.39, 0.29) is 0 Å². The first kappa shape index (κ1) is 20.2. The van der Waals surface area contributed by atoms with Crippen molar-refractivity contribution in [2.45, 2.75) is 58.8 Å². The van der Waals surface area contributed by atoms with Crippen molar-refractivity contribution in [1.82, 2.24) is 20.5 Å². The second-order valence-corrected chi connectivity index (χ2v) is 8.04. The van der Waals surface area contributed by atoms with Crippen LogP contribution in [0.15, 0.2) is 4.99 Å². The summed E-state index contributed by atoms with van der Waals surface area (Å²) in [5, 5.41) is 8.06. The van der Waals surface area contributed by atoms with Gasteiger partial charge in [-0.25, -0.2) is 4.98 Å². The van der Waals surface area contributed by atoms with Gasteiger partial charge in [0.1, 0.15) is 0 Å². The Morgan fingerprint density at radius 3 is 2.52 bits per heavy atom. The monoisotopic (exact) mass is 365 g/mol. The molecule has 1 fully saturated rings. The van der Waals surface area contributed by atoms with Crippen molar-refractivity contribution < 1.29 is 0 Å². The van der Waals surface area contributed by atoms with Gasteiger partial charge in [-0.1, -0.05) is 19.8 Å². The highest BCUT2D eigenvalue weighted by Gasteiger charge is 2.08. The van der Waals surface area contributed by atoms with Crippen molar-refractivity contribution in [2.75, 3.05) is 39.8 Å². The molecule has 1 aromatic rings. The lowest BCUT2D eigenvalue weighted by molar-refractivity contribution is 0.282. The fourth-order valence-electron chi connectivity index (χ4n) is 3.30. The van der Waals surface area contributed by atoms with E-state index in [0.29, 0.717) is 0 Å². The molecule has 0 bridgehead atoms. The Morgan fingerprint density at radius 1 is 1.16 bits per heavy atom. The normalized spacial score (nSPS) is 16.7. The lowest BCUT2D eigenvalue weighted by Gasteiger charge is -2.20. The molecule has 25 heavy (non-hydrogen) atoms. The van der Waals surface area contributed by atoms with E-state index < -0.39 is 0 Å². The zero-order valence-electron chi connectivity index (χ0n) is 16.2. The molecule has 5 nitrogen and oxygen atoms in total. The molecule has 0 radical (unpaired) electrons. The minimum absolute atomic E-state index is 0.877. The van der Waals surface area contributed by atoms with Crippen molar-refractivity contribution in [3.8, 4) is 0 Å². The third kappa shape index (κ3) is 7.32. The van der Waals surface area contributed by atoms with E-state index in [1.807, 2.05) is 18.4 Å². The maximum absolute atomic E-state index is 4.70. The summed E-state index contributed by atoms with van der Waals surface area (Å²) in [6.07, 6.45) is 8.70. The number of hydrogen-bond acceptors (Lipinski definition) is 4. The van der Waals surface area contributed by atoms with Gasteiger partial charge in [-0.2, -0.15) is 0 Å². The number of likely N-dealkylation sites (tertiary alicyclic amines) is 1. The van der Waals surface area contributed by atoms with E-state index in [1.54, 1.807) is 0 Å². The second kappa shape index (κ2) is 11.5. The van der Waals surface area contributed by atoms with Gasteiger partial charge in [-0.05, 0) is 52.2 Å². The number of aromatic nitrogens is 1. The van der Waals surface area contributed by atoms with Crippen LogP contribution in [0.2, 0.25) is 0 Å². The fourth-order valence-corrected chi connectivity index (χ4v) is 4.32. The van der Waals surface area contributed by atoms with Crippen LogP contribution in [0.1, 0.15) is 54.6 Å². The standard InChI is InChI=1S/C19H35N5S/c1-4-17-16(2)25-18(23-17)10-12-22-19(20-3)21-11-9-15-24-13-7-5-6-8-14-24/h4-15H2,1-3H3,(H2,20,21,22). The maximum atomic E-state index is 4.70. The molecule has 2 rings (SSSR count). The first-order valence-electron chi connectivity index (χ1n) is 9.85. The molecule has 0 aromatic carbocycles. The SMILES string of the molecule is CCc1nc(CCNC(=NC)NCCCN2CCCCCC2)sc1C. The molecule has 0 aliphatic carbocycles. The number of aryl methyl sites for hydroxylation is 2. The van der Waals surface area contributed by atoms with Crippen molar-refractivity contribution in [3.63, 3.8) is 0 Å². The zero-order chi connectivity index (χ0) is 17.9. The van der Waals surface area contributed by atoms with Crippen LogP contribution in [0.3, 0.4) is 0 Å². The van der Waals surface area contributed by atoms with Gasteiger partial charge in [-0.3, -0.25) is 4.99 Å². The summed E-state index contributed by atoms with van der Waals surface area (Å²) in [6, 6.07) is 0. The lowest BCUT2D eigenvalue weighted by atomic mass is 10.2. The Hall–Kier alpha value is -1.14. The highest BCUT2D eigenvalue weighted by atomic mass is 32.1. The second-order valence-electron chi connectivity index (χ2n) is 6.75. The van der Waals surface area contributed by atoms with Gasteiger partial charge in [0, 0.05) is 31.4 Å². The van der Waals surface area contributed by atoms with Gasteiger partial charge in [-0.15, -0.1) is 11.3 Å². The average Bonchev–Trinajstić information content (AvgIpc) is 2.81. The Labute approximate surface area is 157 Å². The third-order valence-electron chi connectivity index (χ3n) is 4.77. The Kier molecular flexibility index (Phi) is 9.26. The van der Waals surface area contributed by atoms with Crippen molar-refractivity contribution in [3.05, 3.63) is 15.6 Å². The van der Waals surface area contributed by atoms with Gasteiger partial charge in [0.05, 0.1) is 10.7 Å². The molecule has 0 amide bonds. The molecule has 1 aliphatic heterocycles. The molecule has 142 valence electrons. The predicted octanol–water partition coefficient (Wildman–Crippen LogP) is 2.99. The van der Waals surface area contributed by atoms with Gasteiger partial charge < -0.3 is 15.5 Å². The van der Waals surface area contributed by atoms with Gasteiger partial charge in [0.25, 0.3) is 0 Å². The molecular formula is C19H35N5S. The molecular weight excluding hydrogens is 330 g/mol. The van der Waals surface area contributed by atoms with E-state index in [0.717, 1.165) is 31.9 Å². The molecule has 0 saturated carbocycles. The Bertz CT molecular complexity index is 518. The molecule has 1 saturated heterocycles. The first-order valence-corrected chi connectivity index (χ1v) is 10.7. The van der Waals surface area contributed by atoms with Crippen molar-refractivity contribution in [2.24, 2.45) is 4.99 Å². The number of rotatable bonds is 8. The third-order valence-corrected chi connectivity index (χ3v) is 5.84. The number of thiazole rings is 1. The maximum Gasteiger partial charge on any atom is 0.190 e. The van der Waals surface area contributed by atoms with Crippen LogP contribution in [-0.4, -0.2) is 55.6 Å². The minimum atomic E-state index is 0.877. The molecule has 2 N–H and O–H groups in total. The quantitative estimate of drug-likeness (QED) is 0.422. The van der Waals surface area contributed by atoms with Gasteiger partial charge in [0.2, 0.25) is 0 Å². The fraction of sp³-hybridized carbons (Fsp3) is 0.789. The number of nitrogens with zero attached hydrogens (tertiary/aromatic N) is 3. The van der Waals surface area contributed by atoms with Crippen LogP contribution in [0.5, 0.6) is 0 Å². The predicted molar refractivity (Wildman–Crippen MR) is 109 cm³/mol. The van der Waals surface area contributed by atoms with Crippen LogP contribution in [-0.2, 0) is 12.8 Å². The number of guanidine groups is 1. The van der Waals surface area contributed by atoms with E-state index >= 15 is 0 Å². The van der Waals surface area contributed by atoms with Gasteiger partial charge >= 0.3 is 0 Å². The molecule has 0 spiro atoms. The summed E-state index contributed by atoms with van der Waals surface area (Å²) in [4.78, 5) is 13.0. The molecule has 1 aromatic heterocycles. The first-order chi connectivity index (χ1) is 12.2. The zero-order valence-corrected chi connectivity index (χ0v) is 17.1. The topological polar surface area (TPSA) is 52.6 Å². The molecule has 6 heteroatoms. The Morgan fingerprint density at radius 2 is 1.88 bits per heavy atom. The summed E-state index contributed by atoms with van der Waals surface area (Å²) in [6.45, 7) is 9.94. The van der Waals surface area contributed by atoms with E-state index in [1.165, 1.54) is 67.3 Å². The molecule has 1 aliphatic rings. The van der Waals surface area contributed by atoms with E-state index in [2.05, 4.69) is 34.4 Å². The largest absolute Gasteiger partial charge is 0.356 e. The smallest absolute Gasteiger partial charge is 0.190 e. The molecule has 0 atom stereocenters. The highest BCUT2D eigenvalue weighted by Crippen LogP contribution is 2.17. The summed E-state index contributed by atoms with van der Waals surface area (Å²) in [5.74, 6) is 0.903. The molecule has 2 heterocycles. The van der Waals surface area contributed by atoms with Crippen molar-refractivity contribution in [1.29, 1.82) is 0 Å². The summed E-state index contributed by atoms with van der Waals surface area (Å²) < 4.78 is 0. The summed E-state index contributed by atoms with van der Waals surface area (Å²) in [7, 11) is 1.84. The minimum Gasteiger partial charge on any atom is -0.356 e. The lowest BCUT2D eigenvalue weighted by Crippen LogP contribution is -2.39. The van der Waals surface area contributed by atoms with E-state index in [4.69, 9.17) is 4.98 Å². The average molecular weight is 366 g/mol. The highest BCUT2D eigenvalue weighted by molar-refractivity contribution is 7.11. The number of nitrogens with one attached hydrogen (secondary N) is 2. The van der Waals surface area contributed by atoms with Gasteiger partial charge in [0.15, 0.2) is 5.96 Å².